The van der Waals surface area contributed by atoms with E-state index in [-0.39, 0.29) is 6.04 Å². The molecule has 1 atom stereocenters. The second-order valence-corrected chi connectivity index (χ2v) is 5.11. The highest BCUT2D eigenvalue weighted by molar-refractivity contribution is 7.12. The normalized spacial score (nSPS) is 13.1. The van der Waals surface area contributed by atoms with Gasteiger partial charge in [-0.05, 0) is 39.0 Å². The molecule has 3 heteroatoms. The van der Waals surface area contributed by atoms with E-state index < -0.39 is 0 Å². The third-order valence-electron chi connectivity index (χ3n) is 2.48. The molecule has 80 valence electrons. The summed E-state index contributed by atoms with van der Waals surface area (Å²) in [6, 6.07) is 6.16. The molecule has 0 aliphatic rings. The third-order valence-corrected chi connectivity index (χ3v) is 3.57. The Morgan fingerprint density at radius 2 is 2.00 bits per heavy atom. The van der Waals surface area contributed by atoms with Gasteiger partial charge in [-0.2, -0.15) is 0 Å². The first-order chi connectivity index (χ1) is 7.08. The maximum absolute atomic E-state index is 6.19. The molecule has 1 unspecified atom stereocenters. The van der Waals surface area contributed by atoms with Gasteiger partial charge in [0.2, 0.25) is 0 Å². The molecule has 2 heterocycles. The van der Waals surface area contributed by atoms with E-state index in [9.17, 15) is 0 Å². The Bertz CT molecular complexity index is 470. The molecular formula is C12H15NOS. The number of nitrogens with two attached hydrogens (primary N) is 1. The van der Waals surface area contributed by atoms with Crippen LogP contribution < -0.4 is 5.73 Å². The van der Waals surface area contributed by atoms with Crippen molar-refractivity contribution < 1.29 is 4.42 Å². The first kappa shape index (κ1) is 10.5. The zero-order valence-electron chi connectivity index (χ0n) is 9.20. The second kappa shape index (κ2) is 3.83. The Balaban J connectivity index is 2.35. The quantitative estimate of drug-likeness (QED) is 0.845. The summed E-state index contributed by atoms with van der Waals surface area (Å²) in [5.74, 6) is 1.84. The average Bonchev–Trinajstić information content (AvgIpc) is 2.71. The SMILES string of the molecule is Cc1cc(C(N)c2ccc(C)s2)c(C)o1. The van der Waals surface area contributed by atoms with E-state index in [0.717, 1.165) is 17.1 Å². The van der Waals surface area contributed by atoms with Gasteiger partial charge in [0.1, 0.15) is 11.5 Å². The molecule has 0 radical (unpaired) electrons. The van der Waals surface area contributed by atoms with E-state index in [1.54, 1.807) is 11.3 Å². The Morgan fingerprint density at radius 3 is 2.47 bits per heavy atom. The van der Waals surface area contributed by atoms with Crippen molar-refractivity contribution in [3.8, 4) is 0 Å². The lowest BCUT2D eigenvalue weighted by Crippen LogP contribution is -2.10. The van der Waals surface area contributed by atoms with Crippen LogP contribution in [0.3, 0.4) is 0 Å². The molecule has 0 aliphatic carbocycles. The summed E-state index contributed by atoms with van der Waals surface area (Å²) in [5.41, 5.74) is 7.29. The molecule has 0 fully saturated rings. The Morgan fingerprint density at radius 1 is 1.27 bits per heavy atom. The van der Waals surface area contributed by atoms with Gasteiger partial charge in [-0.3, -0.25) is 0 Å². The fourth-order valence-electron chi connectivity index (χ4n) is 1.73. The number of aryl methyl sites for hydroxylation is 3. The van der Waals surface area contributed by atoms with Crippen LogP contribution >= 0.6 is 11.3 Å². The Kier molecular flexibility index (Phi) is 2.67. The van der Waals surface area contributed by atoms with Gasteiger partial charge in [0, 0.05) is 15.3 Å². The maximum Gasteiger partial charge on any atom is 0.106 e. The average molecular weight is 221 g/mol. The van der Waals surface area contributed by atoms with Crippen molar-refractivity contribution in [2.24, 2.45) is 5.73 Å². The minimum absolute atomic E-state index is 0.0545. The molecule has 15 heavy (non-hydrogen) atoms. The molecule has 0 amide bonds. The van der Waals surface area contributed by atoms with Crippen LogP contribution in [0.15, 0.2) is 22.6 Å². The number of hydrogen-bond acceptors (Lipinski definition) is 3. The van der Waals surface area contributed by atoms with Crippen LogP contribution in [0.5, 0.6) is 0 Å². The highest BCUT2D eigenvalue weighted by Crippen LogP contribution is 2.29. The topological polar surface area (TPSA) is 39.2 Å². The van der Waals surface area contributed by atoms with Gasteiger partial charge in [-0.15, -0.1) is 11.3 Å². The van der Waals surface area contributed by atoms with E-state index >= 15 is 0 Å². The fraction of sp³-hybridized carbons (Fsp3) is 0.333. The maximum atomic E-state index is 6.19. The summed E-state index contributed by atoms with van der Waals surface area (Å²) >= 11 is 1.74. The lowest BCUT2D eigenvalue weighted by Gasteiger charge is -2.07. The van der Waals surface area contributed by atoms with Gasteiger partial charge < -0.3 is 10.2 Å². The summed E-state index contributed by atoms with van der Waals surface area (Å²) in [7, 11) is 0. The molecule has 2 aromatic heterocycles. The van der Waals surface area contributed by atoms with Gasteiger partial charge in [0.25, 0.3) is 0 Å². The first-order valence-electron chi connectivity index (χ1n) is 4.97. The van der Waals surface area contributed by atoms with Crippen molar-refractivity contribution in [3.05, 3.63) is 45.0 Å². The van der Waals surface area contributed by atoms with Crippen LogP contribution in [0, 0.1) is 20.8 Å². The zero-order valence-corrected chi connectivity index (χ0v) is 10.0. The van der Waals surface area contributed by atoms with E-state index in [4.69, 9.17) is 10.2 Å². The van der Waals surface area contributed by atoms with E-state index in [1.807, 2.05) is 19.9 Å². The second-order valence-electron chi connectivity index (χ2n) is 3.79. The largest absolute Gasteiger partial charge is 0.466 e. The van der Waals surface area contributed by atoms with E-state index in [1.165, 1.54) is 9.75 Å². The summed E-state index contributed by atoms with van der Waals surface area (Å²) < 4.78 is 5.49. The highest BCUT2D eigenvalue weighted by Gasteiger charge is 2.16. The molecule has 2 nitrogen and oxygen atoms in total. The monoisotopic (exact) mass is 221 g/mol. The number of rotatable bonds is 2. The predicted molar refractivity (Wildman–Crippen MR) is 63.3 cm³/mol. The van der Waals surface area contributed by atoms with Crippen LogP contribution in [0.1, 0.15) is 32.9 Å². The molecule has 2 aromatic rings. The van der Waals surface area contributed by atoms with E-state index in [2.05, 4.69) is 19.1 Å². The predicted octanol–water partition coefficient (Wildman–Crippen LogP) is 3.31. The molecule has 0 spiro atoms. The minimum Gasteiger partial charge on any atom is -0.466 e. The fourth-order valence-corrected chi connectivity index (χ4v) is 2.63. The number of furan rings is 1. The Hall–Kier alpha value is -1.06. The van der Waals surface area contributed by atoms with Crippen molar-refractivity contribution in [3.63, 3.8) is 0 Å². The van der Waals surface area contributed by atoms with Crippen molar-refractivity contribution in [2.75, 3.05) is 0 Å². The highest BCUT2D eigenvalue weighted by atomic mass is 32.1. The van der Waals surface area contributed by atoms with Crippen LogP contribution in [0.2, 0.25) is 0 Å². The standard InChI is InChI=1S/C12H15NOS/c1-7-6-10(9(3)14-7)12(13)11-5-4-8(2)15-11/h4-6,12H,13H2,1-3H3. The van der Waals surface area contributed by atoms with Crippen molar-refractivity contribution in [1.82, 2.24) is 0 Å². The number of hydrogen-bond donors (Lipinski definition) is 1. The summed E-state index contributed by atoms with van der Waals surface area (Å²) in [6.45, 7) is 6.00. The van der Waals surface area contributed by atoms with Crippen LogP contribution in [0.25, 0.3) is 0 Å². The summed E-state index contributed by atoms with van der Waals surface area (Å²) in [4.78, 5) is 2.48. The van der Waals surface area contributed by atoms with Gasteiger partial charge in [-0.1, -0.05) is 0 Å². The molecule has 2 N–H and O–H groups in total. The summed E-state index contributed by atoms with van der Waals surface area (Å²) in [5, 5.41) is 0. The Labute approximate surface area is 93.7 Å². The van der Waals surface area contributed by atoms with Crippen LogP contribution in [-0.4, -0.2) is 0 Å². The van der Waals surface area contributed by atoms with Gasteiger partial charge >= 0.3 is 0 Å². The van der Waals surface area contributed by atoms with Gasteiger partial charge in [0.05, 0.1) is 6.04 Å². The van der Waals surface area contributed by atoms with Gasteiger partial charge in [-0.25, -0.2) is 0 Å². The van der Waals surface area contributed by atoms with Crippen LogP contribution in [-0.2, 0) is 0 Å². The molecule has 0 aromatic carbocycles. The smallest absolute Gasteiger partial charge is 0.106 e. The molecule has 0 aliphatic heterocycles. The minimum atomic E-state index is -0.0545. The van der Waals surface area contributed by atoms with Crippen molar-refractivity contribution in [1.29, 1.82) is 0 Å². The molecular weight excluding hydrogens is 206 g/mol. The number of thiophene rings is 1. The third kappa shape index (κ3) is 1.98. The summed E-state index contributed by atoms with van der Waals surface area (Å²) in [6.07, 6.45) is 0. The van der Waals surface area contributed by atoms with Gasteiger partial charge in [0.15, 0.2) is 0 Å². The molecule has 0 saturated carbocycles. The molecule has 0 bridgehead atoms. The van der Waals surface area contributed by atoms with Crippen molar-refractivity contribution >= 4 is 11.3 Å². The first-order valence-corrected chi connectivity index (χ1v) is 5.78. The van der Waals surface area contributed by atoms with E-state index in [0.29, 0.717) is 0 Å². The zero-order chi connectivity index (χ0) is 11.0. The van der Waals surface area contributed by atoms with Crippen LogP contribution in [0.4, 0.5) is 0 Å². The van der Waals surface area contributed by atoms with Crippen molar-refractivity contribution in [2.45, 2.75) is 26.8 Å². The molecule has 0 saturated heterocycles. The lowest BCUT2D eigenvalue weighted by molar-refractivity contribution is 0.500. The lowest BCUT2D eigenvalue weighted by atomic mass is 10.1. The molecule has 2 rings (SSSR count).